The molecule has 0 aromatic heterocycles. The summed E-state index contributed by atoms with van der Waals surface area (Å²) in [5, 5.41) is 80.7. The molecule has 1 aliphatic heterocycles. The first kappa shape index (κ1) is 21.4. The largest absolute Gasteiger partial charge is 0.394 e. The molecule has 1 amide bonds. The van der Waals surface area contributed by atoms with Crippen molar-refractivity contribution in [2.75, 3.05) is 6.61 Å². The minimum atomic E-state index is -1.84. The zero-order valence-electron chi connectivity index (χ0n) is 13.9. The standard InChI is InChI=1S/C14H25NO11/c1-3(17)15-5-7(19)6(18)4(2-16)25-14(5)26-13-11(23)9(21)8(20)10(22)12(13)24/h4-14,16,18-24H,2H2,1H3,(H,15,17)/t4-,5-,6-,7-,8-,9-,10+,11+,12+,13-,14-/m1/s1. The van der Waals surface area contributed by atoms with Crippen LogP contribution in [0.2, 0.25) is 0 Å². The second-order valence-corrected chi connectivity index (χ2v) is 6.49. The number of ether oxygens (including phenoxy) is 2. The first-order valence-electron chi connectivity index (χ1n) is 8.05. The quantitative estimate of drug-likeness (QED) is 0.223. The van der Waals surface area contributed by atoms with Crippen LogP contribution in [0.3, 0.4) is 0 Å². The number of carbonyl (C=O) groups is 1. The van der Waals surface area contributed by atoms with Crippen molar-refractivity contribution in [3.63, 3.8) is 0 Å². The molecule has 2 aliphatic rings. The highest BCUT2D eigenvalue weighted by Crippen LogP contribution is 2.29. The molecule has 0 unspecified atom stereocenters. The number of rotatable bonds is 4. The average Bonchev–Trinajstić information content (AvgIpc) is 2.60. The van der Waals surface area contributed by atoms with Crippen LogP contribution in [-0.2, 0) is 14.3 Å². The lowest BCUT2D eigenvalue weighted by Crippen LogP contribution is -2.69. The van der Waals surface area contributed by atoms with Gasteiger partial charge >= 0.3 is 0 Å². The molecule has 1 saturated heterocycles. The summed E-state index contributed by atoms with van der Waals surface area (Å²) in [5.41, 5.74) is 0. The van der Waals surface area contributed by atoms with Gasteiger partial charge in [0, 0.05) is 6.92 Å². The molecule has 9 N–H and O–H groups in total. The predicted octanol–water partition coefficient (Wildman–Crippen LogP) is -5.87. The van der Waals surface area contributed by atoms with Gasteiger partial charge in [-0.25, -0.2) is 0 Å². The van der Waals surface area contributed by atoms with E-state index in [1.165, 1.54) is 0 Å². The molecule has 2 rings (SSSR count). The number of hydrogen-bond acceptors (Lipinski definition) is 11. The van der Waals surface area contributed by atoms with E-state index in [1.54, 1.807) is 0 Å². The smallest absolute Gasteiger partial charge is 0.217 e. The zero-order valence-corrected chi connectivity index (χ0v) is 13.9. The molecule has 1 heterocycles. The van der Waals surface area contributed by atoms with Gasteiger partial charge in [-0.3, -0.25) is 4.79 Å². The van der Waals surface area contributed by atoms with E-state index in [0.717, 1.165) is 6.92 Å². The van der Waals surface area contributed by atoms with Gasteiger partial charge in [0.1, 0.15) is 61.0 Å². The highest BCUT2D eigenvalue weighted by Gasteiger charge is 2.52. The van der Waals surface area contributed by atoms with Crippen LogP contribution in [0.15, 0.2) is 0 Å². The Balaban J connectivity index is 2.23. The van der Waals surface area contributed by atoms with E-state index in [1.807, 2.05) is 0 Å². The molecule has 0 aromatic carbocycles. The summed E-state index contributed by atoms with van der Waals surface area (Å²) in [6.07, 6.45) is -16.9. The fourth-order valence-corrected chi connectivity index (χ4v) is 3.10. The SMILES string of the molecule is CC(=O)N[C@H]1[C@@H](O[C@@H]2[C@@H](O)[C@H](O)[C@@H](O)[C@H](O)[C@@H]2O)O[C@H](CO)[C@@H](O)[C@@H]1O. The van der Waals surface area contributed by atoms with Crippen LogP contribution in [0.5, 0.6) is 0 Å². The third-order valence-corrected chi connectivity index (χ3v) is 4.61. The van der Waals surface area contributed by atoms with Crippen molar-refractivity contribution in [3.8, 4) is 0 Å². The molecule has 2 fully saturated rings. The highest BCUT2D eigenvalue weighted by molar-refractivity contribution is 5.73. The van der Waals surface area contributed by atoms with Gasteiger partial charge in [0.25, 0.3) is 0 Å². The summed E-state index contributed by atoms with van der Waals surface area (Å²) in [7, 11) is 0. The maximum absolute atomic E-state index is 11.4. The Bertz CT molecular complexity index is 478. The van der Waals surface area contributed by atoms with E-state index >= 15 is 0 Å². The number of amides is 1. The van der Waals surface area contributed by atoms with Crippen molar-refractivity contribution in [3.05, 3.63) is 0 Å². The summed E-state index contributed by atoms with van der Waals surface area (Å²) >= 11 is 0. The minimum absolute atomic E-state index is 0.610. The van der Waals surface area contributed by atoms with Gasteiger partial charge in [0.2, 0.25) is 5.91 Å². The Kier molecular flexibility index (Phi) is 6.90. The Labute approximate surface area is 148 Å². The van der Waals surface area contributed by atoms with Crippen LogP contribution in [-0.4, -0.2) is 121 Å². The maximum Gasteiger partial charge on any atom is 0.217 e. The number of hydrogen-bond donors (Lipinski definition) is 9. The molecule has 1 saturated carbocycles. The molecule has 12 nitrogen and oxygen atoms in total. The lowest BCUT2D eigenvalue weighted by atomic mass is 9.84. The van der Waals surface area contributed by atoms with Crippen molar-refractivity contribution < 1.29 is 55.1 Å². The molecule has 26 heavy (non-hydrogen) atoms. The van der Waals surface area contributed by atoms with Crippen molar-refractivity contribution in [1.29, 1.82) is 0 Å². The van der Waals surface area contributed by atoms with Crippen LogP contribution < -0.4 is 5.32 Å². The van der Waals surface area contributed by atoms with Crippen LogP contribution >= 0.6 is 0 Å². The van der Waals surface area contributed by atoms with Crippen molar-refractivity contribution in [2.45, 2.75) is 74.2 Å². The Morgan fingerprint density at radius 1 is 0.885 bits per heavy atom. The average molecular weight is 383 g/mol. The molecule has 0 aromatic rings. The van der Waals surface area contributed by atoms with Gasteiger partial charge in [0.05, 0.1) is 6.61 Å². The molecular weight excluding hydrogens is 358 g/mol. The molecule has 12 heteroatoms. The Hall–Kier alpha value is -0.930. The summed E-state index contributed by atoms with van der Waals surface area (Å²) in [6.45, 7) is 0.424. The van der Waals surface area contributed by atoms with E-state index < -0.39 is 79.8 Å². The molecule has 0 bridgehead atoms. The van der Waals surface area contributed by atoms with E-state index in [4.69, 9.17) is 9.47 Å². The van der Waals surface area contributed by atoms with E-state index in [2.05, 4.69) is 5.32 Å². The van der Waals surface area contributed by atoms with E-state index in [9.17, 15) is 45.6 Å². The van der Waals surface area contributed by atoms with Gasteiger partial charge in [-0.2, -0.15) is 0 Å². The van der Waals surface area contributed by atoms with Gasteiger partial charge in [-0.15, -0.1) is 0 Å². The van der Waals surface area contributed by atoms with Crippen LogP contribution in [0.25, 0.3) is 0 Å². The molecular formula is C14H25NO11. The van der Waals surface area contributed by atoms with Gasteiger partial charge in [-0.1, -0.05) is 0 Å². The summed E-state index contributed by atoms with van der Waals surface area (Å²) in [6, 6.07) is -1.34. The van der Waals surface area contributed by atoms with Crippen LogP contribution in [0.4, 0.5) is 0 Å². The van der Waals surface area contributed by atoms with E-state index in [0.29, 0.717) is 0 Å². The number of nitrogens with one attached hydrogen (secondary N) is 1. The molecule has 152 valence electrons. The number of carbonyl (C=O) groups excluding carboxylic acids is 1. The normalized spacial score (nSPS) is 49.7. The second-order valence-electron chi connectivity index (χ2n) is 6.49. The van der Waals surface area contributed by atoms with Crippen molar-refractivity contribution in [1.82, 2.24) is 5.32 Å². The number of aliphatic hydroxyl groups is 8. The third-order valence-electron chi connectivity index (χ3n) is 4.61. The zero-order chi connectivity index (χ0) is 19.8. The lowest BCUT2D eigenvalue weighted by molar-refractivity contribution is -0.319. The molecule has 0 spiro atoms. The van der Waals surface area contributed by atoms with Gasteiger partial charge in [-0.05, 0) is 0 Å². The summed E-state index contributed by atoms with van der Waals surface area (Å²) in [5.74, 6) is -0.610. The lowest BCUT2D eigenvalue weighted by Gasteiger charge is -2.47. The summed E-state index contributed by atoms with van der Waals surface area (Å²) < 4.78 is 10.6. The van der Waals surface area contributed by atoms with Crippen molar-refractivity contribution in [2.24, 2.45) is 0 Å². The summed E-state index contributed by atoms with van der Waals surface area (Å²) in [4.78, 5) is 11.4. The Morgan fingerprint density at radius 3 is 1.85 bits per heavy atom. The van der Waals surface area contributed by atoms with Crippen molar-refractivity contribution >= 4 is 5.91 Å². The van der Waals surface area contributed by atoms with E-state index in [-0.39, 0.29) is 0 Å². The van der Waals surface area contributed by atoms with Crippen LogP contribution in [0, 0.1) is 0 Å². The Morgan fingerprint density at radius 2 is 1.38 bits per heavy atom. The third kappa shape index (κ3) is 3.99. The van der Waals surface area contributed by atoms with Crippen LogP contribution in [0.1, 0.15) is 6.92 Å². The second kappa shape index (κ2) is 8.39. The first-order chi connectivity index (χ1) is 12.1. The maximum atomic E-state index is 11.4. The van der Waals surface area contributed by atoms with Gasteiger partial charge < -0.3 is 55.6 Å². The minimum Gasteiger partial charge on any atom is -0.394 e. The predicted molar refractivity (Wildman–Crippen MR) is 80.3 cm³/mol. The fourth-order valence-electron chi connectivity index (χ4n) is 3.10. The van der Waals surface area contributed by atoms with Gasteiger partial charge in [0.15, 0.2) is 6.29 Å². The molecule has 1 aliphatic carbocycles. The number of aliphatic hydroxyl groups excluding tert-OH is 8. The molecule has 0 radical (unpaired) electrons. The fraction of sp³-hybridized carbons (Fsp3) is 0.929. The molecule has 11 atom stereocenters. The topological polar surface area (TPSA) is 209 Å². The first-order valence-corrected chi connectivity index (χ1v) is 8.05. The highest BCUT2D eigenvalue weighted by atomic mass is 16.7. The monoisotopic (exact) mass is 383 g/mol.